The maximum absolute atomic E-state index is 14.1. The molecule has 24 heavy (non-hydrogen) atoms. The van der Waals surface area contributed by atoms with E-state index in [0.717, 1.165) is 59.0 Å². The SMILES string of the molecule is COc1ccc(F)c(CN2CCCOC(CN3CCOCC3)C2)c1. The molecule has 0 saturated carbocycles. The van der Waals surface area contributed by atoms with Gasteiger partial charge in [0, 0.05) is 51.4 Å². The number of ether oxygens (including phenoxy) is 3. The fraction of sp³-hybridized carbons (Fsp3) is 0.667. The van der Waals surface area contributed by atoms with Crippen LogP contribution in [0.4, 0.5) is 4.39 Å². The van der Waals surface area contributed by atoms with Gasteiger partial charge >= 0.3 is 0 Å². The molecule has 6 heteroatoms. The molecule has 0 N–H and O–H groups in total. The van der Waals surface area contributed by atoms with Gasteiger partial charge in [0.25, 0.3) is 0 Å². The molecule has 0 aromatic heterocycles. The van der Waals surface area contributed by atoms with Crippen LogP contribution in [-0.4, -0.2) is 75.6 Å². The van der Waals surface area contributed by atoms with Gasteiger partial charge in [0.1, 0.15) is 11.6 Å². The smallest absolute Gasteiger partial charge is 0.127 e. The normalized spacial score (nSPS) is 23.8. The van der Waals surface area contributed by atoms with E-state index < -0.39 is 0 Å². The first-order valence-electron chi connectivity index (χ1n) is 8.71. The zero-order chi connectivity index (χ0) is 16.8. The first kappa shape index (κ1) is 17.6. The topological polar surface area (TPSA) is 34.2 Å². The molecule has 2 saturated heterocycles. The number of halogens is 1. The number of methoxy groups -OCH3 is 1. The van der Waals surface area contributed by atoms with E-state index in [9.17, 15) is 4.39 Å². The highest BCUT2D eigenvalue weighted by Crippen LogP contribution is 2.19. The monoisotopic (exact) mass is 338 g/mol. The summed E-state index contributed by atoms with van der Waals surface area (Å²) in [7, 11) is 1.61. The lowest BCUT2D eigenvalue weighted by Gasteiger charge is -2.31. The summed E-state index contributed by atoms with van der Waals surface area (Å²) in [5.74, 6) is 0.521. The van der Waals surface area contributed by atoms with Crippen LogP contribution < -0.4 is 4.74 Å². The highest BCUT2D eigenvalue weighted by Gasteiger charge is 2.23. The minimum absolute atomic E-state index is 0.166. The van der Waals surface area contributed by atoms with E-state index >= 15 is 0 Å². The van der Waals surface area contributed by atoms with Gasteiger partial charge in [-0.05, 0) is 24.6 Å². The van der Waals surface area contributed by atoms with Gasteiger partial charge in [0.05, 0.1) is 26.4 Å². The molecule has 2 aliphatic rings. The van der Waals surface area contributed by atoms with Gasteiger partial charge in [-0.15, -0.1) is 0 Å². The second-order valence-electron chi connectivity index (χ2n) is 6.45. The summed E-state index contributed by atoms with van der Waals surface area (Å²) >= 11 is 0. The first-order valence-corrected chi connectivity index (χ1v) is 8.71. The van der Waals surface area contributed by atoms with E-state index in [4.69, 9.17) is 14.2 Å². The number of hydrogen-bond acceptors (Lipinski definition) is 5. The predicted octanol–water partition coefficient (Wildman–Crippen LogP) is 1.76. The lowest BCUT2D eigenvalue weighted by atomic mass is 10.1. The number of hydrogen-bond donors (Lipinski definition) is 0. The van der Waals surface area contributed by atoms with Gasteiger partial charge in [-0.1, -0.05) is 0 Å². The molecule has 5 nitrogen and oxygen atoms in total. The molecule has 1 atom stereocenters. The van der Waals surface area contributed by atoms with E-state index in [0.29, 0.717) is 17.9 Å². The molecule has 1 aromatic rings. The Balaban J connectivity index is 1.60. The summed E-state index contributed by atoms with van der Waals surface area (Å²) in [6.07, 6.45) is 1.14. The van der Waals surface area contributed by atoms with Gasteiger partial charge in [-0.25, -0.2) is 4.39 Å². The second kappa shape index (κ2) is 8.76. The van der Waals surface area contributed by atoms with Crippen molar-refractivity contribution in [3.05, 3.63) is 29.6 Å². The number of benzene rings is 1. The Bertz CT molecular complexity index is 523. The lowest BCUT2D eigenvalue weighted by Crippen LogP contribution is -2.44. The molecule has 0 bridgehead atoms. The molecule has 2 aliphatic heterocycles. The summed E-state index contributed by atoms with van der Waals surface area (Å²) in [4.78, 5) is 4.68. The van der Waals surface area contributed by atoms with Crippen LogP contribution in [0.15, 0.2) is 18.2 Å². The summed E-state index contributed by atoms with van der Waals surface area (Å²) < 4.78 is 30.7. The van der Waals surface area contributed by atoms with Crippen molar-refractivity contribution in [3.8, 4) is 5.75 Å². The minimum Gasteiger partial charge on any atom is -0.497 e. The van der Waals surface area contributed by atoms with Crippen molar-refractivity contribution in [1.82, 2.24) is 9.80 Å². The van der Waals surface area contributed by atoms with Gasteiger partial charge in [-0.2, -0.15) is 0 Å². The number of nitrogens with zero attached hydrogens (tertiary/aromatic N) is 2. The van der Waals surface area contributed by atoms with Crippen LogP contribution in [0.25, 0.3) is 0 Å². The van der Waals surface area contributed by atoms with Crippen molar-refractivity contribution in [2.24, 2.45) is 0 Å². The highest BCUT2D eigenvalue weighted by atomic mass is 19.1. The minimum atomic E-state index is -0.175. The fourth-order valence-corrected chi connectivity index (χ4v) is 3.34. The summed E-state index contributed by atoms with van der Waals surface area (Å²) in [6.45, 7) is 7.55. The van der Waals surface area contributed by atoms with E-state index in [1.54, 1.807) is 19.2 Å². The van der Waals surface area contributed by atoms with Crippen LogP contribution in [0, 0.1) is 5.82 Å². The van der Waals surface area contributed by atoms with Crippen molar-refractivity contribution in [2.45, 2.75) is 19.1 Å². The van der Waals surface area contributed by atoms with Crippen LogP contribution in [0.5, 0.6) is 5.75 Å². The van der Waals surface area contributed by atoms with Crippen molar-refractivity contribution < 1.29 is 18.6 Å². The Hall–Kier alpha value is -1.21. The Labute approximate surface area is 143 Å². The molecule has 2 heterocycles. The molecule has 0 aliphatic carbocycles. The van der Waals surface area contributed by atoms with Gasteiger partial charge in [0.15, 0.2) is 0 Å². The highest BCUT2D eigenvalue weighted by molar-refractivity contribution is 5.29. The van der Waals surface area contributed by atoms with Crippen molar-refractivity contribution >= 4 is 0 Å². The Morgan fingerprint density at radius 1 is 1.17 bits per heavy atom. The molecule has 0 radical (unpaired) electrons. The summed E-state index contributed by atoms with van der Waals surface area (Å²) in [6, 6.07) is 4.93. The van der Waals surface area contributed by atoms with Gasteiger partial charge < -0.3 is 14.2 Å². The maximum atomic E-state index is 14.1. The van der Waals surface area contributed by atoms with Gasteiger partial charge in [0.2, 0.25) is 0 Å². The van der Waals surface area contributed by atoms with E-state index in [-0.39, 0.29) is 11.9 Å². The first-order chi connectivity index (χ1) is 11.7. The van der Waals surface area contributed by atoms with Gasteiger partial charge in [-0.3, -0.25) is 9.80 Å². The zero-order valence-electron chi connectivity index (χ0n) is 14.4. The molecule has 1 unspecified atom stereocenters. The Morgan fingerprint density at radius 3 is 2.79 bits per heavy atom. The predicted molar refractivity (Wildman–Crippen MR) is 89.8 cm³/mol. The van der Waals surface area contributed by atoms with Crippen molar-refractivity contribution in [3.63, 3.8) is 0 Å². The van der Waals surface area contributed by atoms with Crippen LogP contribution in [0.3, 0.4) is 0 Å². The third kappa shape index (κ3) is 4.89. The largest absolute Gasteiger partial charge is 0.497 e. The zero-order valence-corrected chi connectivity index (χ0v) is 14.4. The Morgan fingerprint density at radius 2 is 2.00 bits per heavy atom. The average molecular weight is 338 g/mol. The molecule has 0 amide bonds. The van der Waals surface area contributed by atoms with Crippen molar-refractivity contribution in [2.75, 3.05) is 59.7 Å². The quantitative estimate of drug-likeness (QED) is 0.817. The number of rotatable bonds is 5. The average Bonchev–Trinajstić information content (AvgIpc) is 2.83. The molecule has 2 fully saturated rings. The molecule has 1 aromatic carbocycles. The Kier molecular flexibility index (Phi) is 6.43. The standard InChI is InChI=1S/C18H27FN2O3/c1-22-16-3-4-18(19)15(11-16)12-21-5-2-8-24-17(14-21)13-20-6-9-23-10-7-20/h3-4,11,17H,2,5-10,12-14H2,1H3. The molecule has 3 rings (SSSR count). The molecular formula is C18H27FN2O3. The van der Waals surface area contributed by atoms with Crippen LogP contribution in [-0.2, 0) is 16.0 Å². The van der Waals surface area contributed by atoms with Crippen LogP contribution in [0.2, 0.25) is 0 Å². The second-order valence-corrected chi connectivity index (χ2v) is 6.45. The number of morpholine rings is 1. The van der Waals surface area contributed by atoms with E-state index in [1.807, 2.05) is 0 Å². The van der Waals surface area contributed by atoms with E-state index in [2.05, 4.69) is 9.80 Å². The lowest BCUT2D eigenvalue weighted by molar-refractivity contribution is -0.0123. The van der Waals surface area contributed by atoms with Crippen LogP contribution >= 0.6 is 0 Å². The van der Waals surface area contributed by atoms with Crippen LogP contribution in [0.1, 0.15) is 12.0 Å². The fourth-order valence-electron chi connectivity index (χ4n) is 3.34. The molecule has 0 spiro atoms. The molecule has 134 valence electrons. The summed E-state index contributed by atoms with van der Waals surface area (Å²) in [5.41, 5.74) is 0.682. The molecular weight excluding hydrogens is 311 g/mol. The van der Waals surface area contributed by atoms with Crippen molar-refractivity contribution in [1.29, 1.82) is 0 Å². The third-order valence-electron chi connectivity index (χ3n) is 4.65. The van der Waals surface area contributed by atoms with E-state index in [1.165, 1.54) is 6.07 Å². The summed E-state index contributed by atoms with van der Waals surface area (Å²) in [5, 5.41) is 0. The third-order valence-corrected chi connectivity index (χ3v) is 4.65. The maximum Gasteiger partial charge on any atom is 0.127 e.